The van der Waals surface area contributed by atoms with Gasteiger partial charge < -0.3 is 4.74 Å². The van der Waals surface area contributed by atoms with Gasteiger partial charge in [0.15, 0.2) is 4.96 Å². The minimum Gasteiger partial charge on any atom is -0.377 e. The molecule has 0 bridgehead atoms. The van der Waals surface area contributed by atoms with Crippen LogP contribution in [-0.2, 0) is 10.2 Å². The Bertz CT molecular complexity index is 835. The summed E-state index contributed by atoms with van der Waals surface area (Å²) < 4.78 is 8.49. The van der Waals surface area contributed by atoms with E-state index in [-0.39, 0.29) is 0 Å². The number of aryl methyl sites for hydroxylation is 1. The highest BCUT2D eigenvalue weighted by Gasteiger charge is 2.41. The van der Waals surface area contributed by atoms with E-state index in [1.165, 1.54) is 4.70 Å². The normalized spacial score (nSPS) is 17.5. The number of rotatable bonds is 1. The summed E-state index contributed by atoms with van der Waals surface area (Å²) in [4.78, 5) is 5.49. The van der Waals surface area contributed by atoms with Crippen molar-refractivity contribution < 1.29 is 4.74 Å². The quantitative estimate of drug-likeness (QED) is 0.682. The number of nitrogens with zero attached hydrogens (tertiary/aromatic N) is 3. The van der Waals surface area contributed by atoms with Crippen LogP contribution in [0, 0.1) is 18.3 Å². The first-order valence-electron chi connectivity index (χ1n) is 6.10. The van der Waals surface area contributed by atoms with Crippen LogP contribution in [-0.4, -0.2) is 22.6 Å². The van der Waals surface area contributed by atoms with Crippen LogP contribution in [0.25, 0.3) is 15.2 Å². The second-order valence-electron chi connectivity index (χ2n) is 5.01. The number of nitriles is 1. The molecule has 94 valence electrons. The van der Waals surface area contributed by atoms with Crippen molar-refractivity contribution in [2.45, 2.75) is 12.3 Å². The summed E-state index contributed by atoms with van der Waals surface area (Å²) in [6.07, 6.45) is 2.04. The third-order valence-corrected chi connectivity index (χ3v) is 4.70. The van der Waals surface area contributed by atoms with Crippen LogP contribution in [0.5, 0.6) is 0 Å². The zero-order chi connectivity index (χ0) is 13.0. The second-order valence-corrected chi connectivity index (χ2v) is 6.02. The zero-order valence-electron chi connectivity index (χ0n) is 10.4. The average molecular weight is 269 g/mol. The molecule has 0 radical (unpaired) electrons. The molecule has 4 nitrogen and oxygen atoms in total. The van der Waals surface area contributed by atoms with Crippen molar-refractivity contribution >= 4 is 26.5 Å². The Hall–Kier alpha value is -1.90. The molecule has 0 unspecified atom stereocenters. The summed E-state index contributed by atoms with van der Waals surface area (Å²) in [6, 6.07) is 8.61. The highest BCUT2D eigenvalue weighted by atomic mass is 32.1. The maximum absolute atomic E-state index is 9.35. The predicted molar refractivity (Wildman–Crippen MR) is 73.4 cm³/mol. The van der Waals surface area contributed by atoms with Crippen molar-refractivity contribution in [3.63, 3.8) is 0 Å². The van der Waals surface area contributed by atoms with E-state index < -0.39 is 5.41 Å². The Morgan fingerprint density at radius 2 is 2.32 bits per heavy atom. The maximum Gasteiger partial charge on any atom is 0.194 e. The lowest BCUT2D eigenvalue weighted by molar-refractivity contribution is -0.0297. The van der Waals surface area contributed by atoms with E-state index in [1.54, 1.807) is 11.3 Å². The molecule has 1 aliphatic rings. The van der Waals surface area contributed by atoms with Gasteiger partial charge in [0, 0.05) is 6.20 Å². The Labute approximate surface area is 113 Å². The fourth-order valence-electron chi connectivity index (χ4n) is 2.51. The lowest BCUT2D eigenvalue weighted by Crippen LogP contribution is -2.45. The summed E-state index contributed by atoms with van der Waals surface area (Å²) in [7, 11) is 0. The van der Waals surface area contributed by atoms with Crippen molar-refractivity contribution in [1.82, 2.24) is 9.38 Å². The number of aromatic nitrogens is 2. The van der Waals surface area contributed by atoms with E-state index in [0.29, 0.717) is 13.2 Å². The van der Waals surface area contributed by atoms with Crippen LogP contribution >= 0.6 is 11.3 Å². The zero-order valence-corrected chi connectivity index (χ0v) is 11.2. The van der Waals surface area contributed by atoms with Crippen molar-refractivity contribution in [2.24, 2.45) is 0 Å². The van der Waals surface area contributed by atoms with Gasteiger partial charge in [0.05, 0.1) is 35.2 Å². The van der Waals surface area contributed by atoms with E-state index >= 15 is 0 Å². The molecule has 3 aromatic rings. The van der Waals surface area contributed by atoms with Crippen LogP contribution in [0.4, 0.5) is 0 Å². The van der Waals surface area contributed by atoms with Gasteiger partial charge in [0.2, 0.25) is 0 Å². The van der Waals surface area contributed by atoms with E-state index in [2.05, 4.69) is 27.6 Å². The summed E-state index contributed by atoms with van der Waals surface area (Å²) >= 11 is 1.66. The summed E-state index contributed by atoms with van der Waals surface area (Å²) in [6.45, 7) is 2.99. The molecular weight excluding hydrogens is 258 g/mol. The molecule has 0 atom stereocenters. The van der Waals surface area contributed by atoms with E-state index in [0.717, 1.165) is 21.7 Å². The van der Waals surface area contributed by atoms with Gasteiger partial charge >= 0.3 is 0 Å². The first-order valence-corrected chi connectivity index (χ1v) is 6.91. The van der Waals surface area contributed by atoms with E-state index in [1.807, 2.05) is 19.2 Å². The SMILES string of the molecule is Cc1cn2c(n1)sc1cc(C3(C#N)COC3)ccc12. The molecule has 2 aromatic heterocycles. The lowest BCUT2D eigenvalue weighted by atomic mass is 9.80. The average Bonchev–Trinajstić information content (AvgIpc) is 2.83. The number of imidazole rings is 1. The smallest absolute Gasteiger partial charge is 0.194 e. The molecule has 1 aromatic carbocycles. The van der Waals surface area contributed by atoms with Crippen LogP contribution in [0.2, 0.25) is 0 Å². The molecule has 1 saturated heterocycles. The molecule has 1 aliphatic heterocycles. The first kappa shape index (κ1) is 11.0. The highest BCUT2D eigenvalue weighted by Crippen LogP contribution is 2.35. The molecule has 0 aliphatic carbocycles. The Morgan fingerprint density at radius 1 is 1.47 bits per heavy atom. The molecule has 3 heterocycles. The molecule has 1 fully saturated rings. The maximum atomic E-state index is 9.35. The van der Waals surface area contributed by atoms with Crippen LogP contribution < -0.4 is 0 Å². The van der Waals surface area contributed by atoms with Gasteiger partial charge in [-0.2, -0.15) is 5.26 Å². The topological polar surface area (TPSA) is 50.3 Å². The van der Waals surface area contributed by atoms with Crippen molar-refractivity contribution in [2.75, 3.05) is 13.2 Å². The van der Waals surface area contributed by atoms with Crippen LogP contribution in [0.1, 0.15) is 11.3 Å². The van der Waals surface area contributed by atoms with Gasteiger partial charge in [0.25, 0.3) is 0 Å². The largest absolute Gasteiger partial charge is 0.377 e. The number of fused-ring (bicyclic) bond motifs is 3. The van der Waals surface area contributed by atoms with Crippen molar-refractivity contribution in [3.05, 3.63) is 35.7 Å². The minimum absolute atomic E-state index is 0.448. The van der Waals surface area contributed by atoms with Gasteiger partial charge in [-0.15, -0.1) is 0 Å². The Morgan fingerprint density at radius 3 is 3.00 bits per heavy atom. The molecular formula is C14H11N3OS. The number of benzene rings is 1. The number of hydrogen-bond acceptors (Lipinski definition) is 4. The fraction of sp³-hybridized carbons (Fsp3) is 0.286. The molecule has 4 rings (SSSR count). The molecule has 5 heteroatoms. The molecule has 0 spiro atoms. The lowest BCUT2D eigenvalue weighted by Gasteiger charge is -2.35. The minimum atomic E-state index is -0.448. The summed E-state index contributed by atoms with van der Waals surface area (Å²) in [5.74, 6) is 0. The fourth-order valence-corrected chi connectivity index (χ4v) is 3.61. The number of ether oxygens (including phenoxy) is 1. The van der Waals surface area contributed by atoms with Gasteiger partial charge in [-0.3, -0.25) is 4.40 Å². The number of thiazole rings is 1. The van der Waals surface area contributed by atoms with Gasteiger partial charge in [-0.1, -0.05) is 17.4 Å². The molecule has 0 amide bonds. The van der Waals surface area contributed by atoms with Crippen molar-refractivity contribution in [3.8, 4) is 6.07 Å². The summed E-state index contributed by atoms with van der Waals surface area (Å²) in [5.41, 5.74) is 2.78. The second kappa shape index (κ2) is 3.56. The van der Waals surface area contributed by atoms with Gasteiger partial charge in [-0.05, 0) is 24.6 Å². The standard InChI is InChI=1S/C14H11N3OS/c1-9-5-17-11-3-2-10(14(6-15)7-18-8-14)4-12(11)19-13(17)16-9/h2-5H,7-8H2,1H3. The summed E-state index contributed by atoms with van der Waals surface area (Å²) in [5, 5.41) is 9.35. The van der Waals surface area contributed by atoms with E-state index in [4.69, 9.17) is 4.74 Å². The van der Waals surface area contributed by atoms with Gasteiger partial charge in [-0.25, -0.2) is 4.98 Å². The van der Waals surface area contributed by atoms with Crippen LogP contribution in [0.3, 0.4) is 0 Å². The Balaban J connectivity index is 1.95. The first-order chi connectivity index (χ1) is 9.22. The molecule has 0 saturated carbocycles. The third kappa shape index (κ3) is 1.38. The van der Waals surface area contributed by atoms with E-state index in [9.17, 15) is 5.26 Å². The van der Waals surface area contributed by atoms with Gasteiger partial charge in [0.1, 0.15) is 5.41 Å². The van der Waals surface area contributed by atoms with Crippen molar-refractivity contribution in [1.29, 1.82) is 5.26 Å². The monoisotopic (exact) mass is 269 g/mol. The number of hydrogen-bond donors (Lipinski definition) is 0. The predicted octanol–water partition coefficient (Wildman–Crippen LogP) is 2.65. The van der Waals surface area contributed by atoms with Crippen LogP contribution in [0.15, 0.2) is 24.4 Å². The third-order valence-electron chi connectivity index (χ3n) is 3.68. The highest BCUT2D eigenvalue weighted by molar-refractivity contribution is 7.23. The Kier molecular flexibility index (Phi) is 2.06. The molecule has 19 heavy (non-hydrogen) atoms. The molecule has 0 N–H and O–H groups in total.